The molecule has 1 saturated heterocycles. The summed E-state index contributed by atoms with van der Waals surface area (Å²) in [6.07, 6.45) is 4.27. The minimum Gasteiger partial charge on any atom is -0.317 e. The van der Waals surface area contributed by atoms with Gasteiger partial charge in [0.15, 0.2) is 0 Å². The van der Waals surface area contributed by atoms with Crippen molar-refractivity contribution in [1.29, 1.82) is 0 Å². The van der Waals surface area contributed by atoms with Gasteiger partial charge in [-0.2, -0.15) is 5.10 Å². The van der Waals surface area contributed by atoms with E-state index in [2.05, 4.69) is 67.5 Å². The standard InChI is InChI=1S/C16H31N5/c1-13(2)21-7-6-14(18-21)10-15(17-3)11-16-12-19(4)8-9-20(16)5/h6-7,13,15-17H,8-12H2,1-5H3. The Balaban J connectivity index is 1.92. The van der Waals surface area contributed by atoms with Gasteiger partial charge in [0.2, 0.25) is 0 Å². The highest BCUT2D eigenvalue weighted by Crippen LogP contribution is 2.14. The molecule has 0 aromatic carbocycles. The van der Waals surface area contributed by atoms with Crippen molar-refractivity contribution in [2.24, 2.45) is 0 Å². The van der Waals surface area contributed by atoms with E-state index in [1.807, 2.05) is 4.68 Å². The summed E-state index contributed by atoms with van der Waals surface area (Å²) in [5.74, 6) is 0. The number of likely N-dealkylation sites (N-methyl/N-ethyl adjacent to an activating group) is 3. The summed E-state index contributed by atoms with van der Waals surface area (Å²) < 4.78 is 2.04. The number of nitrogens with zero attached hydrogens (tertiary/aromatic N) is 4. The number of hydrogen-bond acceptors (Lipinski definition) is 4. The van der Waals surface area contributed by atoms with Crippen molar-refractivity contribution in [3.63, 3.8) is 0 Å². The summed E-state index contributed by atoms with van der Waals surface area (Å²) in [5.41, 5.74) is 1.19. The van der Waals surface area contributed by atoms with Crippen LogP contribution in [0.5, 0.6) is 0 Å². The first-order valence-corrected chi connectivity index (χ1v) is 8.09. The second-order valence-electron chi connectivity index (χ2n) is 6.70. The fraction of sp³-hybridized carbons (Fsp3) is 0.812. The molecule has 1 fully saturated rings. The fourth-order valence-electron chi connectivity index (χ4n) is 3.01. The highest BCUT2D eigenvalue weighted by Gasteiger charge is 2.25. The van der Waals surface area contributed by atoms with Crippen LogP contribution < -0.4 is 5.32 Å². The lowest BCUT2D eigenvalue weighted by Crippen LogP contribution is -2.52. The first-order valence-electron chi connectivity index (χ1n) is 8.09. The van der Waals surface area contributed by atoms with Crippen LogP contribution in [0.25, 0.3) is 0 Å². The van der Waals surface area contributed by atoms with E-state index in [9.17, 15) is 0 Å². The molecule has 1 aliphatic rings. The summed E-state index contributed by atoms with van der Waals surface area (Å²) >= 11 is 0. The molecule has 5 heteroatoms. The zero-order chi connectivity index (χ0) is 15.4. The van der Waals surface area contributed by atoms with Crippen LogP contribution in [-0.2, 0) is 6.42 Å². The molecule has 21 heavy (non-hydrogen) atoms. The Morgan fingerprint density at radius 2 is 2.10 bits per heavy atom. The van der Waals surface area contributed by atoms with Crippen LogP contribution in [0, 0.1) is 0 Å². The van der Waals surface area contributed by atoms with E-state index in [0.717, 1.165) is 13.0 Å². The van der Waals surface area contributed by atoms with Gasteiger partial charge < -0.3 is 15.1 Å². The molecule has 0 aliphatic carbocycles. The molecule has 1 aromatic heterocycles. The largest absolute Gasteiger partial charge is 0.317 e. The lowest BCUT2D eigenvalue weighted by atomic mass is 10.00. The van der Waals surface area contributed by atoms with Crippen molar-refractivity contribution in [3.8, 4) is 0 Å². The molecule has 0 amide bonds. The SMILES string of the molecule is CNC(Cc1ccn(C(C)C)n1)CC1CN(C)CCN1C. The number of piperazine rings is 1. The highest BCUT2D eigenvalue weighted by atomic mass is 15.3. The molecule has 2 rings (SSSR count). The summed E-state index contributed by atoms with van der Waals surface area (Å²) in [5, 5.41) is 8.15. The molecule has 0 spiro atoms. The smallest absolute Gasteiger partial charge is 0.0640 e. The molecule has 5 nitrogen and oxygen atoms in total. The van der Waals surface area contributed by atoms with Gasteiger partial charge in [-0.25, -0.2) is 0 Å². The van der Waals surface area contributed by atoms with Crippen molar-refractivity contribution in [2.45, 2.75) is 44.8 Å². The minimum atomic E-state index is 0.435. The topological polar surface area (TPSA) is 36.3 Å². The second-order valence-corrected chi connectivity index (χ2v) is 6.70. The van der Waals surface area contributed by atoms with Gasteiger partial charge >= 0.3 is 0 Å². The summed E-state index contributed by atoms with van der Waals surface area (Å²) in [7, 11) is 6.53. The quantitative estimate of drug-likeness (QED) is 0.856. The van der Waals surface area contributed by atoms with E-state index in [1.54, 1.807) is 0 Å². The lowest BCUT2D eigenvalue weighted by Gasteiger charge is -2.39. The molecule has 0 saturated carbocycles. The van der Waals surface area contributed by atoms with Gasteiger partial charge in [-0.05, 0) is 47.5 Å². The molecule has 1 N–H and O–H groups in total. The van der Waals surface area contributed by atoms with Crippen LogP contribution in [0.2, 0.25) is 0 Å². The Labute approximate surface area is 129 Å². The molecule has 0 bridgehead atoms. The van der Waals surface area contributed by atoms with E-state index in [-0.39, 0.29) is 0 Å². The Kier molecular flexibility index (Phi) is 5.79. The van der Waals surface area contributed by atoms with Gasteiger partial charge in [0.05, 0.1) is 5.69 Å². The molecule has 1 aromatic rings. The maximum atomic E-state index is 4.68. The van der Waals surface area contributed by atoms with E-state index in [0.29, 0.717) is 18.1 Å². The molecule has 0 radical (unpaired) electrons. The van der Waals surface area contributed by atoms with Gasteiger partial charge in [-0.1, -0.05) is 0 Å². The van der Waals surface area contributed by atoms with Crippen molar-refractivity contribution < 1.29 is 0 Å². The first-order chi connectivity index (χ1) is 9.99. The molecular formula is C16H31N5. The van der Waals surface area contributed by atoms with E-state index in [4.69, 9.17) is 0 Å². The van der Waals surface area contributed by atoms with Crippen molar-refractivity contribution in [2.75, 3.05) is 40.8 Å². The first kappa shape index (κ1) is 16.5. The predicted molar refractivity (Wildman–Crippen MR) is 87.7 cm³/mol. The maximum Gasteiger partial charge on any atom is 0.0640 e. The second kappa shape index (κ2) is 7.38. The Morgan fingerprint density at radius 1 is 1.33 bits per heavy atom. The number of nitrogens with one attached hydrogen (secondary N) is 1. The fourth-order valence-corrected chi connectivity index (χ4v) is 3.01. The number of rotatable bonds is 6. The van der Waals surface area contributed by atoms with Crippen molar-refractivity contribution in [3.05, 3.63) is 18.0 Å². The molecule has 2 heterocycles. The van der Waals surface area contributed by atoms with Crippen LogP contribution in [0.3, 0.4) is 0 Å². The van der Waals surface area contributed by atoms with Crippen molar-refractivity contribution in [1.82, 2.24) is 24.9 Å². The van der Waals surface area contributed by atoms with E-state index in [1.165, 1.54) is 25.2 Å². The molecule has 2 atom stereocenters. The van der Waals surface area contributed by atoms with Gasteiger partial charge in [0.1, 0.15) is 0 Å². The Hall–Kier alpha value is -0.910. The van der Waals surface area contributed by atoms with E-state index >= 15 is 0 Å². The normalized spacial score (nSPS) is 22.9. The monoisotopic (exact) mass is 293 g/mol. The maximum absolute atomic E-state index is 4.68. The average Bonchev–Trinajstić information content (AvgIpc) is 2.90. The van der Waals surface area contributed by atoms with Crippen LogP contribution in [0.15, 0.2) is 12.3 Å². The molecule has 1 aliphatic heterocycles. The van der Waals surface area contributed by atoms with Gasteiger partial charge in [0, 0.05) is 50.4 Å². The third kappa shape index (κ3) is 4.53. The number of aromatic nitrogens is 2. The molecular weight excluding hydrogens is 262 g/mol. The van der Waals surface area contributed by atoms with Crippen LogP contribution in [-0.4, -0.2) is 72.4 Å². The lowest BCUT2D eigenvalue weighted by molar-refractivity contribution is 0.101. The zero-order valence-electron chi connectivity index (χ0n) is 14.2. The highest BCUT2D eigenvalue weighted by molar-refractivity contribution is 5.02. The number of hydrogen-bond donors (Lipinski definition) is 1. The molecule has 2 unspecified atom stereocenters. The Bertz CT molecular complexity index is 428. The third-order valence-electron chi connectivity index (χ3n) is 4.59. The van der Waals surface area contributed by atoms with Gasteiger partial charge in [-0.15, -0.1) is 0 Å². The van der Waals surface area contributed by atoms with Crippen LogP contribution >= 0.6 is 0 Å². The minimum absolute atomic E-state index is 0.435. The average molecular weight is 293 g/mol. The van der Waals surface area contributed by atoms with Crippen LogP contribution in [0.4, 0.5) is 0 Å². The summed E-state index contributed by atoms with van der Waals surface area (Å²) in [4.78, 5) is 4.93. The molecule has 120 valence electrons. The third-order valence-corrected chi connectivity index (χ3v) is 4.59. The van der Waals surface area contributed by atoms with E-state index < -0.39 is 0 Å². The van der Waals surface area contributed by atoms with Gasteiger partial charge in [0.25, 0.3) is 0 Å². The van der Waals surface area contributed by atoms with Crippen LogP contribution in [0.1, 0.15) is 32.0 Å². The predicted octanol–water partition coefficient (Wildman–Crippen LogP) is 1.23. The zero-order valence-corrected chi connectivity index (χ0v) is 14.2. The summed E-state index contributed by atoms with van der Waals surface area (Å²) in [6.45, 7) is 7.84. The summed E-state index contributed by atoms with van der Waals surface area (Å²) in [6, 6.07) is 3.71. The Morgan fingerprint density at radius 3 is 2.71 bits per heavy atom. The van der Waals surface area contributed by atoms with Gasteiger partial charge in [-0.3, -0.25) is 4.68 Å². The van der Waals surface area contributed by atoms with Crippen molar-refractivity contribution >= 4 is 0 Å².